The summed E-state index contributed by atoms with van der Waals surface area (Å²) in [6, 6.07) is 22.9. The van der Waals surface area contributed by atoms with Gasteiger partial charge in [0.1, 0.15) is 0 Å². The summed E-state index contributed by atoms with van der Waals surface area (Å²) in [5.41, 5.74) is 8.97. The van der Waals surface area contributed by atoms with Crippen LogP contribution in [0.2, 0.25) is 0 Å². The quantitative estimate of drug-likeness (QED) is 0.696. The minimum atomic E-state index is -0.662. The maximum absolute atomic E-state index is 11.4. The molecule has 5 nitrogen and oxygen atoms in total. The highest BCUT2D eigenvalue weighted by Crippen LogP contribution is 2.21. The van der Waals surface area contributed by atoms with E-state index in [2.05, 4.69) is 4.98 Å². The molecule has 130 valence electrons. The lowest BCUT2D eigenvalue weighted by atomic mass is 10.0. The zero-order valence-corrected chi connectivity index (χ0v) is 14.4. The predicted molar refractivity (Wildman–Crippen MR) is 101 cm³/mol. The van der Waals surface area contributed by atoms with Gasteiger partial charge in [0.15, 0.2) is 6.23 Å². The van der Waals surface area contributed by atoms with Crippen molar-refractivity contribution in [3.05, 3.63) is 101 Å². The van der Waals surface area contributed by atoms with E-state index in [1.165, 1.54) is 6.20 Å². The van der Waals surface area contributed by atoms with Crippen LogP contribution in [0, 0.1) is 0 Å². The Morgan fingerprint density at radius 3 is 2.04 bits per heavy atom. The Bertz CT molecular complexity index is 867. The van der Waals surface area contributed by atoms with Crippen molar-refractivity contribution in [2.75, 3.05) is 7.11 Å². The van der Waals surface area contributed by atoms with Crippen molar-refractivity contribution in [1.29, 1.82) is 0 Å². The van der Waals surface area contributed by atoms with Crippen molar-refractivity contribution in [2.45, 2.75) is 6.23 Å². The van der Waals surface area contributed by atoms with Crippen molar-refractivity contribution < 1.29 is 9.53 Å². The van der Waals surface area contributed by atoms with E-state index < -0.39 is 12.1 Å². The summed E-state index contributed by atoms with van der Waals surface area (Å²) in [5.74, 6) is -0.515. The molecule has 0 spiro atoms. The van der Waals surface area contributed by atoms with Gasteiger partial charge >= 0.3 is 0 Å². The molecule has 0 fully saturated rings. The van der Waals surface area contributed by atoms with Gasteiger partial charge in [-0.05, 0) is 12.1 Å². The van der Waals surface area contributed by atoms with Crippen LogP contribution in [0.3, 0.4) is 0 Å². The van der Waals surface area contributed by atoms with Crippen LogP contribution in [0.15, 0.2) is 84.0 Å². The van der Waals surface area contributed by atoms with E-state index in [-0.39, 0.29) is 0 Å². The van der Waals surface area contributed by atoms with Crippen LogP contribution in [-0.2, 0) is 4.74 Å². The number of methoxy groups -OCH3 is 1. The Labute approximate surface area is 152 Å². The third-order valence-corrected chi connectivity index (χ3v) is 3.88. The number of nitrogens with two attached hydrogens (primary N) is 1. The summed E-state index contributed by atoms with van der Waals surface area (Å²) in [6.45, 7) is 0. The number of aliphatic imine (C=N–C) groups is 1. The molecule has 0 aliphatic heterocycles. The summed E-state index contributed by atoms with van der Waals surface area (Å²) in [6.07, 6.45) is 0.867. The molecule has 5 heteroatoms. The van der Waals surface area contributed by atoms with Crippen molar-refractivity contribution in [2.24, 2.45) is 10.7 Å². The van der Waals surface area contributed by atoms with E-state index >= 15 is 0 Å². The zero-order valence-electron chi connectivity index (χ0n) is 14.4. The van der Waals surface area contributed by atoms with Gasteiger partial charge in [-0.3, -0.25) is 9.78 Å². The summed E-state index contributed by atoms with van der Waals surface area (Å²) in [7, 11) is 1.56. The van der Waals surface area contributed by atoms with Crippen molar-refractivity contribution >= 4 is 11.6 Å². The molecule has 2 aromatic carbocycles. The van der Waals surface area contributed by atoms with E-state index in [1.54, 1.807) is 19.2 Å². The Balaban J connectivity index is 2.08. The average molecular weight is 345 g/mol. The maximum Gasteiger partial charge on any atom is 0.248 e. The first-order valence-corrected chi connectivity index (χ1v) is 8.16. The number of hydrogen-bond acceptors (Lipinski definition) is 4. The first-order valence-electron chi connectivity index (χ1n) is 8.16. The van der Waals surface area contributed by atoms with Crippen LogP contribution in [0.25, 0.3) is 0 Å². The molecular formula is C21H19N3O2. The lowest BCUT2D eigenvalue weighted by Gasteiger charge is -2.15. The molecule has 1 unspecified atom stereocenters. The number of aromatic nitrogens is 1. The third-order valence-electron chi connectivity index (χ3n) is 3.88. The number of primary amides is 1. The Hall–Kier alpha value is -3.31. The number of carbonyl (C=O) groups is 1. The lowest BCUT2D eigenvalue weighted by molar-refractivity contribution is 0.0996. The number of carbonyl (C=O) groups excluding carboxylic acids is 1. The van der Waals surface area contributed by atoms with Gasteiger partial charge in [-0.25, -0.2) is 4.99 Å². The Morgan fingerprint density at radius 2 is 1.54 bits per heavy atom. The number of nitrogens with zero attached hydrogens (tertiary/aromatic N) is 2. The molecule has 3 rings (SSSR count). The van der Waals surface area contributed by atoms with Gasteiger partial charge in [-0.2, -0.15) is 0 Å². The van der Waals surface area contributed by atoms with E-state index in [0.29, 0.717) is 11.3 Å². The van der Waals surface area contributed by atoms with Crippen LogP contribution in [0.5, 0.6) is 0 Å². The molecule has 1 heterocycles. The molecule has 0 radical (unpaired) electrons. The number of benzene rings is 2. The molecule has 0 saturated carbocycles. The van der Waals surface area contributed by atoms with Crippen molar-refractivity contribution in [3.63, 3.8) is 0 Å². The van der Waals surface area contributed by atoms with Gasteiger partial charge in [0, 0.05) is 30.0 Å². The fourth-order valence-electron chi connectivity index (χ4n) is 2.60. The molecule has 2 N–H and O–H groups in total. The van der Waals surface area contributed by atoms with Crippen LogP contribution in [0.1, 0.15) is 33.4 Å². The smallest absolute Gasteiger partial charge is 0.248 e. The van der Waals surface area contributed by atoms with Crippen LogP contribution in [0.4, 0.5) is 0 Å². The summed E-state index contributed by atoms with van der Waals surface area (Å²) >= 11 is 0. The van der Waals surface area contributed by atoms with Crippen molar-refractivity contribution in [1.82, 2.24) is 4.98 Å². The fourth-order valence-corrected chi connectivity index (χ4v) is 2.60. The largest absolute Gasteiger partial charge is 0.366 e. The minimum Gasteiger partial charge on any atom is -0.366 e. The summed E-state index contributed by atoms with van der Waals surface area (Å²) in [4.78, 5) is 20.5. The molecule has 0 aliphatic rings. The van der Waals surface area contributed by atoms with E-state index in [1.807, 2.05) is 60.7 Å². The monoisotopic (exact) mass is 345 g/mol. The molecule has 1 atom stereocenters. The summed E-state index contributed by atoms with van der Waals surface area (Å²) < 4.78 is 5.54. The number of ether oxygens (including phenoxy) is 1. The predicted octanol–water partition coefficient (Wildman–Crippen LogP) is 3.36. The maximum atomic E-state index is 11.4. The third kappa shape index (κ3) is 4.02. The number of pyridine rings is 1. The second kappa shape index (κ2) is 8.18. The number of hydrogen-bond donors (Lipinski definition) is 1. The van der Waals surface area contributed by atoms with Gasteiger partial charge in [0.05, 0.1) is 11.4 Å². The van der Waals surface area contributed by atoms with Gasteiger partial charge in [-0.15, -0.1) is 0 Å². The van der Waals surface area contributed by atoms with E-state index in [9.17, 15) is 4.79 Å². The molecule has 3 aromatic rings. The van der Waals surface area contributed by atoms with Gasteiger partial charge in [-0.1, -0.05) is 60.7 Å². The number of rotatable bonds is 6. The van der Waals surface area contributed by atoms with Crippen molar-refractivity contribution in [3.8, 4) is 0 Å². The first kappa shape index (κ1) is 17.5. The highest BCUT2D eigenvalue weighted by Gasteiger charge is 2.16. The Morgan fingerprint density at radius 1 is 0.962 bits per heavy atom. The zero-order chi connectivity index (χ0) is 18.4. The molecule has 1 amide bonds. The van der Waals surface area contributed by atoms with Crippen LogP contribution in [-0.4, -0.2) is 23.7 Å². The lowest BCUT2D eigenvalue weighted by Crippen LogP contribution is -2.13. The second-order valence-electron chi connectivity index (χ2n) is 5.63. The molecule has 0 saturated heterocycles. The Kier molecular flexibility index (Phi) is 5.51. The molecule has 26 heavy (non-hydrogen) atoms. The first-order chi connectivity index (χ1) is 12.7. The van der Waals surface area contributed by atoms with Gasteiger partial charge in [0.2, 0.25) is 5.91 Å². The van der Waals surface area contributed by atoms with Crippen LogP contribution >= 0.6 is 0 Å². The molecule has 0 bridgehead atoms. The molecule has 1 aromatic heterocycles. The second-order valence-corrected chi connectivity index (χ2v) is 5.63. The highest BCUT2D eigenvalue weighted by atomic mass is 16.5. The minimum absolute atomic E-state index is 0.369. The highest BCUT2D eigenvalue weighted by molar-refractivity contribution is 6.12. The van der Waals surface area contributed by atoms with Crippen LogP contribution < -0.4 is 5.73 Å². The van der Waals surface area contributed by atoms with E-state index in [0.717, 1.165) is 16.8 Å². The van der Waals surface area contributed by atoms with Gasteiger partial charge < -0.3 is 10.5 Å². The normalized spacial score (nSPS) is 11.6. The topological polar surface area (TPSA) is 77.6 Å². The van der Waals surface area contributed by atoms with Gasteiger partial charge in [0.25, 0.3) is 0 Å². The average Bonchev–Trinajstić information content (AvgIpc) is 2.70. The molecule has 0 aliphatic carbocycles. The summed E-state index contributed by atoms with van der Waals surface area (Å²) in [5, 5.41) is 0. The SMILES string of the molecule is COC(N=C(c1ccccc1)c1ccccc1)c1cc(C(N)=O)ccn1. The molecular weight excluding hydrogens is 326 g/mol. The fraction of sp³-hybridized carbons (Fsp3) is 0.0952. The standard InChI is InChI=1S/C21H19N3O2/c1-26-21(18-14-17(20(22)25)12-13-23-18)24-19(15-8-4-2-5-9-15)16-10-6-3-7-11-16/h2-14,21H,1H3,(H2,22,25). The number of amides is 1. The van der Waals surface area contributed by atoms with E-state index in [4.69, 9.17) is 15.5 Å².